The Balaban J connectivity index is 2.05. The van der Waals surface area contributed by atoms with Gasteiger partial charge in [-0.3, -0.25) is 9.78 Å². The molecule has 0 spiro atoms. The van der Waals surface area contributed by atoms with E-state index in [0.717, 1.165) is 39.8 Å². The average Bonchev–Trinajstić information content (AvgIpc) is 2.56. The molecule has 0 unspecified atom stereocenters. The zero-order valence-electron chi connectivity index (χ0n) is 14.6. The fourth-order valence-electron chi connectivity index (χ4n) is 3.43. The average molecular weight is 389 g/mol. The molecule has 0 aliphatic heterocycles. The first-order valence-electron chi connectivity index (χ1n) is 8.84. The van der Waals surface area contributed by atoms with E-state index in [0.29, 0.717) is 11.6 Å². The third-order valence-electron chi connectivity index (χ3n) is 4.98. The minimum Gasteiger partial charge on any atom is -0.381 e. The lowest BCUT2D eigenvalue weighted by molar-refractivity contribution is 0.0940. The number of hydrogen-bond acceptors (Lipinski definition) is 3. The molecular formula is C20H25BrN2O. The maximum absolute atomic E-state index is 12.7. The number of ketones is 1. The summed E-state index contributed by atoms with van der Waals surface area (Å²) < 4.78 is 1.01. The van der Waals surface area contributed by atoms with Crippen molar-refractivity contribution in [2.45, 2.75) is 52.5 Å². The molecule has 1 fully saturated rings. The normalized spacial score (nSPS) is 21.2. The van der Waals surface area contributed by atoms with Crippen LogP contribution >= 0.6 is 15.9 Å². The lowest BCUT2D eigenvalue weighted by Gasteiger charge is -2.29. The van der Waals surface area contributed by atoms with E-state index in [1.807, 2.05) is 26.0 Å². The molecule has 1 aromatic heterocycles. The third-order valence-corrected chi connectivity index (χ3v) is 5.48. The van der Waals surface area contributed by atoms with Crippen LogP contribution in [0.2, 0.25) is 0 Å². The second-order valence-electron chi connectivity index (χ2n) is 7.33. The number of benzene rings is 1. The van der Waals surface area contributed by atoms with Crippen LogP contribution in [0.15, 0.2) is 28.9 Å². The number of pyridine rings is 1. The predicted molar refractivity (Wildman–Crippen MR) is 104 cm³/mol. The lowest BCUT2D eigenvalue weighted by Crippen LogP contribution is -2.26. The summed E-state index contributed by atoms with van der Waals surface area (Å²) in [5.41, 5.74) is 2.60. The highest BCUT2D eigenvalue weighted by atomic mass is 79.9. The quantitative estimate of drug-likeness (QED) is 0.670. The largest absolute Gasteiger partial charge is 0.381 e. The van der Waals surface area contributed by atoms with Gasteiger partial charge >= 0.3 is 0 Å². The molecule has 1 aliphatic rings. The standard InChI is InChI=1S/C20H25BrN2O/c1-12(2)20(24)17-11-22-18-9-6-14(21)10-16(18)19(17)23-15-7-4-13(3)5-8-15/h6,9-13,15H,4-5,7-8H2,1-3H3,(H,22,23). The minimum absolute atomic E-state index is 0.0386. The van der Waals surface area contributed by atoms with Crippen molar-refractivity contribution < 1.29 is 4.79 Å². The monoisotopic (exact) mass is 388 g/mol. The third kappa shape index (κ3) is 3.64. The fourth-order valence-corrected chi connectivity index (χ4v) is 3.79. The molecule has 4 heteroatoms. The lowest BCUT2D eigenvalue weighted by atomic mass is 9.87. The van der Waals surface area contributed by atoms with Gasteiger partial charge in [-0.05, 0) is 49.8 Å². The summed E-state index contributed by atoms with van der Waals surface area (Å²) in [6.07, 6.45) is 6.56. The Labute approximate surface area is 152 Å². The number of Topliss-reactive ketones (excluding diaryl/α,β-unsaturated/α-hetero) is 1. The molecular weight excluding hydrogens is 364 g/mol. The number of aromatic nitrogens is 1. The van der Waals surface area contributed by atoms with E-state index >= 15 is 0 Å². The van der Waals surface area contributed by atoms with Gasteiger partial charge in [-0.25, -0.2) is 0 Å². The second kappa shape index (κ2) is 7.22. The molecule has 1 saturated carbocycles. The van der Waals surface area contributed by atoms with Crippen molar-refractivity contribution in [3.05, 3.63) is 34.4 Å². The number of nitrogens with zero attached hydrogens (tertiary/aromatic N) is 1. The van der Waals surface area contributed by atoms with Crippen LogP contribution in [0.4, 0.5) is 5.69 Å². The van der Waals surface area contributed by atoms with Gasteiger partial charge in [0.05, 0.1) is 16.8 Å². The maximum atomic E-state index is 12.7. The zero-order chi connectivity index (χ0) is 17.3. The van der Waals surface area contributed by atoms with Gasteiger partial charge in [0, 0.05) is 28.0 Å². The molecule has 0 bridgehead atoms. The van der Waals surface area contributed by atoms with Crippen LogP contribution in [-0.2, 0) is 0 Å². The summed E-state index contributed by atoms with van der Waals surface area (Å²) >= 11 is 3.55. The molecule has 128 valence electrons. The molecule has 24 heavy (non-hydrogen) atoms. The van der Waals surface area contributed by atoms with Gasteiger partial charge < -0.3 is 5.32 Å². The molecule has 0 saturated heterocycles. The number of carbonyl (C=O) groups is 1. The van der Waals surface area contributed by atoms with Crippen molar-refractivity contribution in [1.82, 2.24) is 4.98 Å². The van der Waals surface area contributed by atoms with E-state index in [1.165, 1.54) is 12.8 Å². The molecule has 2 aromatic rings. The van der Waals surface area contributed by atoms with Crippen LogP contribution in [0, 0.1) is 11.8 Å². The van der Waals surface area contributed by atoms with Crippen molar-refractivity contribution >= 4 is 38.3 Å². The van der Waals surface area contributed by atoms with Crippen molar-refractivity contribution in [2.75, 3.05) is 5.32 Å². The number of anilines is 1. The summed E-state index contributed by atoms with van der Waals surface area (Å²) in [5.74, 6) is 0.919. The highest BCUT2D eigenvalue weighted by Crippen LogP contribution is 2.33. The van der Waals surface area contributed by atoms with Crippen LogP contribution < -0.4 is 5.32 Å². The maximum Gasteiger partial charge on any atom is 0.169 e. The number of fused-ring (bicyclic) bond motifs is 1. The first-order valence-corrected chi connectivity index (χ1v) is 9.64. The number of carbonyl (C=O) groups excluding carboxylic acids is 1. The number of nitrogens with one attached hydrogen (secondary N) is 1. The van der Waals surface area contributed by atoms with E-state index in [-0.39, 0.29) is 11.7 Å². The molecule has 0 atom stereocenters. The number of rotatable bonds is 4. The fraction of sp³-hybridized carbons (Fsp3) is 0.500. The van der Waals surface area contributed by atoms with Crippen LogP contribution in [0.3, 0.4) is 0 Å². The minimum atomic E-state index is -0.0386. The summed E-state index contributed by atoms with van der Waals surface area (Å²) in [6.45, 7) is 6.21. The summed E-state index contributed by atoms with van der Waals surface area (Å²) in [4.78, 5) is 17.2. The molecule has 0 amide bonds. The van der Waals surface area contributed by atoms with E-state index in [1.54, 1.807) is 6.20 Å². The molecule has 0 radical (unpaired) electrons. The van der Waals surface area contributed by atoms with Crippen molar-refractivity contribution in [3.8, 4) is 0 Å². The van der Waals surface area contributed by atoms with E-state index < -0.39 is 0 Å². The highest BCUT2D eigenvalue weighted by molar-refractivity contribution is 9.10. The van der Waals surface area contributed by atoms with Crippen LogP contribution in [0.25, 0.3) is 10.9 Å². The van der Waals surface area contributed by atoms with Crippen LogP contribution in [0.5, 0.6) is 0 Å². The van der Waals surface area contributed by atoms with Crippen molar-refractivity contribution in [1.29, 1.82) is 0 Å². The Morgan fingerprint density at radius 1 is 1.25 bits per heavy atom. The Morgan fingerprint density at radius 3 is 2.62 bits per heavy atom. The molecule has 1 aromatic carbocycles. The Bertz CT molecular complexity index is 749. The Kier molecular flexibility index (Phi) is 5.24. The van der Waals surface area contributed by atoms with Crippen molar-refractivity contribution in [3.63, 3.8) is 0 Å². The SMILES string of the molecule is CC1CCC(Nc2c(C(=O)C(C)C)cnc3ccc(Br)cc23)CC1. The van der Waals surface area contributed by atoms with Gasteiger partial charge in [-0.2, -0.15) is 0 Å². The summed E-state index contributed by atoms with van der Waals surface area (Å²) in [7, 11) is 0. The van der Waals surface area contributed by atoms with Crippen LogP contribution in [-0.4, -0.2) is 16.8 Å². The van der Waals surface area contributed by atoms with E-state index in [4.69, 9.17) is 0 Å². The Morgan fingerprint density at radius 2 is 1.96 bits per heavy atom. The van der Waals surface area contributed by atoms with Gasteiger partial charge in [-0.1, -0.05) is 36.7 Å². The zero-order valence-corrected chi connectivity index (χ0v) is 16.2. The first kappa shape index (κ1) is 17.4. The van der Waals surface area contributed by atoms with Crippen LogP contribution in [0.1, 0.15) is 56.8 Å². The summed E-state index contributed by atoms with van der Waals surface area (Å²) in [6, 6.07) is 6.49. The van der Waals surface area contributed by atoms with E-state index in [2.05, 4.69) is 39.2 Å². The number of halogens is 1. The smallest absolute Gasteiger partial charge is 0.169 e. The van der Waals surface area contributed by atoms with Gasteiger partial charge in [0.25, 0.3) is 0 Å². The van der Waals surface area contributed by atoms with Gasteiger partial charge in [0.2, 0.25) is 0 Å². The summed E-state index contributed by atoms with van der Waals surface area (Å²) in [5, 5.41) is 4.72. The molecule has 1 heterocycles. The Hall–Kier alpha value is -1.42. The van der Waals surface area contributed by atoms with Crippen molar-refractivity contribution in [2.24, 2.45) is 11.8 Å². The second-order valence-corrected chi connectivity index (χ2v) is 8.24. The highest BCUT2D eigenvalue weighted by Gasteiger charge is 2.23. The first-order chi connectivity index (χ1) is 11.5. The molecule has 3 nitrogen and oxygen atoms in total. The topological polar surface area (TPSA) is 42.0 Å². The predicted octanol–water partition coefficient (Wildman–Crippen LogP) is 5.83. The number of hydrogen-bond donors (Lipinski definition) is 1. The van der Waals surface area contributed by atoms with Gasteiger partial charge in [0.15, 0.2) is 5.78 Å². The van der Waals surface area contributed by atoms with E-state index in [9.17, 15) is 4.79 Å². The van der Waals surface area contributed by atoms with Gasteiger partial charge in [-0.15, -0.1) is 0 Å². The molecule has 3 rings (SSSR count). The molecule has 1 aliphatic carbocycles. The van der Waals surface area contributed by atoms with Gasteiger partial charge in [0.1, 0.15) is 0 Å². The molecule has 1 N–H and O–H groups in total.